The molecule has 1 aliphatic rings. The van der Waals surface area contributed by atoms with Crippen LogP contribution in [0.15, 0.2) is 4.99 Å². The summed E-state index contributed by atoms with van der Waals surface area (Å²) in [6, 6.07) is 0. The van der Waals surface area contributed by atoms with E-state index in [0.29, 0.717) is 0 Å². The highest BCUT2D eigenvalue weighted by molar-refractivity contribution is 14.0. The van der Waals surface area contributed by atoms with Crippen LogP contribution in [0, 0.1) is 5.41 Å². The van der Waals surface area contributed by atoms with Gasteiger partial charge in [0.2, 0.25) is 0 Å². The van der Waals surface area contributed by atoms with Crippen molar-refractivity contribution in [3.63, 3.8) is 0 Å². The van der Waals surface area contributed by atoms with Gasteiger partial charge in [-0.2, -0.15) is 0 Å². The molecule has 1 N–H and O–H groups in total. The minimum atomic E-state index is 0. The van der Waals surface area contributed by atoms with Gasteiger partial charge in [0.25, 0.3) is 0 Å². The van der Waals surface area contributed by atoms with Gasteiger partial charge in [-0.1, -0.05) is 13.8 Å². The van der Waals surface area contributed by atoms with Crippen LogP contribution in [0.2, 0.25) is 0 Å². The summed E-state index contributed by atoms with van der Waals surface area (Å²) in [6.07, 6.45) is 0. The highest BCUT2D eigenvalue weighted by Gasteiger charge is 2.21. The van der Waals surface area contributed by atoms with Crippen LogP contribution in [0.1, 0.15) is 13.8 Å². The van der Waals surface area contributed by atoms with E-state index in [-0.39, 0.29) is 29.4 Å². The van der Waals surface area contributed by atoms with Crippen LogP contribution in [-0.4, -0.2) is 63.1 Å². The van der Waals surface area contributed by atoms with E-state index in [4.69, 9.17) is 0 Å². The normalized spacial score (nSPS) is 16.1. The van der Waals surface area contributed by atoms with E-state index in [1.807, 2.05) is 0 Å². The summed E-state index contributed by atoms with van der Waals surface area (Å²) < 4.78 is 0. The SMILES string of the molecule is CN(C)CC(C)(C)CNC1=NCCN1C.I. The highest BCUT2D eigenvalue weighted by atomic mass is 127. The summed E-state index contributed by atoms with van der Waals surface area (Å²) in [6.45, 7) is 8.56. The minimum absolute atomic E-state index is 0. The number of likely N-dealkylation sites (N-methyl/N-ethyl adjacent to an activating group) is 1. The van der Waals surface area contributed by atoms with Gasteiger partial charge in [-0.3, -0.25) is 4.99 Å². The van der Waals surface area contributed by atoms with Gasteiger partial charge in [-0.25, -0.2) is 0 Å². The van der Waals surface area contributed by atoms with Crippen molar-refractivity contribution in [1.82, 2.24) is 15.1 Å². The van der Waals surface area contributed by atoms with Crippen molar-refractivity contribution < 1.29 is 0 Å². The third-order valence-electron chi connectivity index (χ3n) is 2.53. The molecule has 0 aromatic heterocycles. The maximum Gasteiger partial charge on any atom is 0.193 e. The van der Waals surface area contributed by atoms with Crippen molar-refractivity contribution in [1.29, 1.82) is 0 Å². The Morgan fingerprint density at radius 1 is 1.44 bits per heavy atom. The smallest absolute Gasteiger partial charge is 0.193 e. The Balaban J connectivity index is 0.00000225. The lowest BCUT2D eigenvalue weighted by Gasteiger charge is -2.29. The van der Waals surface area contributed by atoms with E-state index < -0.39 is 0 Å². The summed E-state index contributed by atoms with van der Waals surface area (Å²) in [5.74, 6) is 1.04. The second kappa shape index (κ2) is 6.64. The van der Waals surface area contributed by atoms with Gasteiger partial charge in [0, 0.05) is 26.7 Å². The number of rotatable bonds is 4. The molecule has 16 heavy (non-hydrogen) atoms. The first-order chi connectivity index (χ1) is 6.91. The topological polar surface area (TPSA) is 30.9 Å². The van der Waals surface area contributed by atoms with Crippen LogP contribution in [0.25, 0.3) is 0 Å². The molecule has 0 aliphatic carbocycles. The molecule has 0 fully saturated rings. The first-order valence-corrected chi connectivity index (χ1v) is 5.55. The number of nitrogens with zero attached hydrogens (tertiary/aromatic N) is 3. The van der Waals surface area contributed by atoms with E-state index in [2.05, 4.69) is 55.1 Å². The van der Waals surface area contributed by atoms with E-state index in [1.165, 1.54) is 0 Å². The zero-order chi connectivity index (χ0) is 11.5. The predicted octanol–water partition coefficient (Wildman–Crippen LogP) is 1.08. The van der Waals surface area contributed by atoms with Gasteiger partial charge >= 0.3 is 0 Å². The summed E-state index contributed by atoms with van der Waals surface area (Å²) in [5.41, 5.74) is 0.273. The van der Waals surface area contributed by atoms with Gasteiger partial charge in [-0.15, -0.1) is 24.0 Å². The molecule has 0 radical (unpaired) electrons. The van der Waals surface area contributed by atoms with E-state index >= 15 is 0 Å². The molecule has 0 aromatic carbocycles. The van der Waals surface area contributed by atoms with Gasteiger partial charge < -0.3 is 15.1 Å². The predicted molar refractivity (Wildman–Crippen MR) is 80.7 cm³/mol. The molecule has 0 saturated heterocycles. The minimum Gasteiger partial charge on any atom is -0.356 e. The highest BCUT2D eigenvalue weighted by Crippen LogP contribution is 2.14. The van der Waals surface area contributed by atoms with Crippen molar-refractivity contribution in [2.24, 2.45) is 10.4 Å². The zero-order valence-corrected chi connectivity index (χ0v) is 13.4. The average molecular weight is 340 g/mol. The number of aliphatic imine (C=N–C) groups is 1. The van der Waals surface area contributed by atoms with Crippen LogP contribution in [0.5, 0.6) is 0 Å². The maximum atomic E-state index is 4.42. The molecule has 0 aromatic rings. The number of hydrogen-bond acceptors (Lipinski definition) is 4. The lowest BCUT2D eigenvalue weighted by molar-refractivity contribution is 0.240. The third kappa shape index (κ3) is 5.34. The Bertz CT molecular complexity index is 238. The first kappa shape index (κ1) is 16.0. The molecule has 0 atom stereocenters. The molecule has 0 saturated carbocycles. The number of hydrogen-bond donors (Lipinski definition) is 1. The molecule has 96 valence electrons. The molecule has 5 heteroatoms. The van der Waals surface area contributed by atoms with Crippen molar-refractivity contribution in [2.75, 3.05) is 47.3 Å². The largest absolute Gasteiger partial charge is 0.356 e. The zero-order valence-electron chi connectivity index (χ0n) is 11.1. The molecular formula is C11H25IN4. The number of halogens is 1. The van der Waals surface area contributed by atoms with Crippen LogP contribution >= 0.6 is 24.0 Å². The fraction of sp³-hybridized carbons (Fsp3) is 0.909. The molecule has 0 spiro atoms. The Morgan fingerprint density at radius 2 is 2.06 bits per heavy atom. The van der Waals surface area contributed by atoms with Gasteiger partial charge in [0.05, 0.1) is 6.54 Å². The summed E-state index contributed by atoms with van der Waals surface area (Å²) in [5, 5.41) is 3.43. The molecule has 1 aliphatic heterocycles. The van der Waals surface area contributed by atoms with Crippen LogP contribution in [-0.2, 0) is 0 Å². The molecule has 1 rings (SSSR count). The lowest BCUT2D eigenvalue weighted by Crippen LogP contribution is -2.43. The summed E-state index contributed by atoms with van der Waals surface area (Å²) in [4.78, 5) is 8.81. The second-order valence-electron chi connectivity index (χ2n) is 5.38. The fourth-order valence-electron chi connectivity index (χ4n) is 1.95. The summed E-state index contributed by atoms with van der Waals surface area (Å²) >= 11 is 0. The third-order valence-corrected chi connectivity index (χ3v) is 2.53. The van der Waals surface area contributed by atoms with E-state index in [9.17, 15) is 0 Å². The quantitative estimate of drug-likeness (QED) is 0.777. The lowest BCUT2D eigenvalue weighted by atomic mass is 9.93. The molecule has 1 heterocycles. The Labute approximate surface area is 116 Å². The molecule has 0 bridgehead atoms. The molecule has 0 unspecified atom stereocenters. The van der Waals surface area contributed by atoms with Crippen molar-refractivity contribution in [2.45, 2.75) is 13.8 Å². The van der Waals surface area contributed by atoms with E-state index in [0.717, 1.165) is 32.1 Å². The first-order valence-electron chi connectivity index (χ1n) is 5.55. The van der Waals surface area contributed by atoms with Gasteiger partial charge in [-0.05, 0) is 19.5 Å². The van der Waals surface area contributed by atoms with Crippen LogP contribution in [0.3, 0.4) is 0 Å². The fourth-order valence-corrected chi connectivity index (χ4v) is 1.95. The van der Waals surface area contributed by atoms with Crippen LogP contribution < -0.4 is 5.32 Å². The molecule has 0 amide bonds. The second-order valence-corrected chi connectivity index (χ2v) is 5.38. The Morgan fingerprint density at radius 3 is 2.50 bits per heavy atom. The Kier molecular flexibility index (Phi) is 6.62. The van der Waals surface area contributed by atoms with Crippen molar-refractivity contribution in [3.8, 4) is 0 Å². The molecular weight excluding hydrogens is 315 g/mol. The number of nitrogens with one attached hydrogen (secondary N) is 1. The standard InChI is InChI=1S/C11H24N4.HI/c1-11(2,9-14(3)4)8-13-10-12-6-7-15(10)5;/h6-9H2,1-5H3,(H,12,13);1H. The van der Waals surface area contributed by atoms with Gasteiger partial charge in [0.1, 0.15) is 0 Å². The summed E-state index contributed by atoms with van der Waals surface area (Å²) in [7, 11) is 6.31. The number of guanidine groups is 1. The van der Waals surface area contributed by atoms with Gasteiger partial charge in [0.15, 0.2) is 5.96 Å². The average Bonchev–Trinajstić information content (AvgIpc) is 2.45. The van der Waals surface area contributed by atoms with Crippen molar-refractivity contribution >= 4 is 29.9 Å². The van der Waals surface area contributed by atoms with Crippen LogP contribution in [0.4, 0.5) is 0 Å². The van der Waals surface area contributed by atoms with E-state index in [1.54, 1.807) is 0 Å². The van der Waals surface area contributed by atoms with Crippen molar-refractivity contribution in [3.05, 3.63) is 0 Å². The Hall–Kier alpha value is -0.0400. The monoisotopic (exact) mass is 340 g/mol. The maximum absolute atomic E-state index is 4.42. The molecule has 4 nitrogen and oxygen atoms in total.